The van der Waals surface area contributed by atoms with Crippen LogP contribution < -0.4 is 0 Å². The maximum atomic E-state index is 4.15. The Bertz CT molecular complexity index is 200. The highest BCUT2D eigenvalue weighted by Crippen LogP contribution is 1.92. The van der Waals surface area contributed by atoms with E-state index >= 15 is 0 Å². The minimum atomic E-state index is 0.807. The summed E-state index contributed by atoms with van der Waals surface area (Å²) in [4.78, 5) is 7.96. The van der Waals surface area contributed by atoms with Crippen LogP contribution in [0.3, 0.4) is 0 Å². The Hall–Kier alpha value is -1.18. The lowest BCUT2D eigenvalue weighted by atomic mass is 10.4. The molecule has 0 saturated heterocycles. The van der Waals surface area contributed by atoms with Gasteiger partial charge in [-0.15, -0.1) is 0 Å². The molecule has 0 radical (unpaired) electrons. The second kappa shape index (κ2) is 7.92. The number of hydrogen-bond acceptors (Lipinski definition) is 2. The van der Waals surface area contributed by atoms with Crippen LogP contribution in [0, 0.1) is 0 Å². The Morgan fingerprint density at radius 1 is 1.50 bits per heavy atom. The smallest absolute Gasteiger partial charge is 0.0800 e. The van der Waals surface area contributed by atoms with E-state index in [0.29, 0.717) is 0 Å². The summed E-state index contributed by atoms with van der Waals surface area (Å²) in [5.41, 5.74) is 0.807. The van der Waals surface area contributed by atoms with E-state index < -0.39 is 0 Å². The van der Waals surface area contributed by atoms with Gasteiger partial charge >= 0.3 is 0 Å². The van der Waals surface area contributed by atoms with Crippen LogP contribution in [0.1, 0.15) is 20.3 Å². The molecule has 0 aromatic rings. The van der Waals surface area contributed by atoms with Gasteiger partial charge in [-0.05, 0) is 26.1 Å². The van der Waals surface area contributed by atoms with Gasteiger partial charge in [-0.25, -0.2) is 0 Å². The largest absolute Gasteiger partial charge is 0.291 e. The standard InChI is InChI=1S/C10H16N2/c1-4-6-7-10(11-3)9-12-8-5-2/h4,6-7,9H,3,5,8H2,1-2H3/b6-4-,10-7-,12-9?. The molecule has 0 N–H and O–H groups in total. The van der Waals surface area contributed by atoms with E-state index in [2.05, 4.69) is 23.6 Å². The molecule has 0 rings (SSSR count). The van der Waals surface area contributed by atoms with E-state index in [4.69, 9.17) is 0 Å². The molecule has 0 atom stereocenters. The van der Waals surface area contributed by atoms with Gasteiger partial charge in [0.1, 0.15) is 0 Å². The van der Waals surface area contributed by atoms with Crippen molar-refractivity contribution in [2.24, 2.45) is 9.98 Å². The summed E-state index contributed by atoms with van der Waals surface area (Å²) in [7, 11) is 0. The van der Waals surface area contributed by atoms with Gasteiger partial charge < -0.3 is 0 Å². The van der Waals surface area contributed by atoms with Crippen LogP contribution >= 0.6 is 0 Å². The van der Waals surface area contributed by atoms with E-state index in [1.165, 1.54) is 0 Å². The molecule has 0 aliphatic rings. The fourth-order valence-corrected chi connectivity index (χ4v) is 0.619. The lowest BCUT2D eigenvalue weighted by Gasteiger charge is -1.89. The highest BCUT2D eigenvalue weighted by Gasteiger charge is 1.82. The van der Waals surface area contributed by atoms with Crippen molar-refractivity contribution in [3.63, 3.8) is 0 Å². The summed E-state index contributed by atoms with van der Waals surface area (Å²) < 4.78 is 0. The molecule has 0 amide bonds. The predicted molar refractivity (Wildman–Crippen MR) is 56.1 cm³/mol. The number of rotatable bonds is 5. The second-order valence-electron chi connectivity index (χ2n) is 2.31. The molecule has 2 nitrogen and oxygen atoms in total. The van der Waals surface area contributed by atoms with E-state index in [1.54, 1.807) is 6.21 Å². The van der Waals surface area contributed by atoms with E-state index in [9.17, 15) is 0 Å². The van der Waals surface area contributed by atoms with Crippen molar-refractivity contribution in [1.82, 2.24) is 0 Å². The molecule has 0 aromatic carbocycles. The van der Waals surface area contributed by atoms with Crippen molar-refractivity contribution < 1.29 is 0 Å². The minimum Gasteiger partial charge on any atom is -0.291 e. The normalized spacial score (nSPS) is 13.0. The molecule has 2 heteroatoms. The Labute approximate surface area is 74.4 Å². The second-order valence-corrected chi connectivity index (χ2v) is 2.31. The fourth-order valence-electron chi connectivity index (χ4n) is 0.619. The summed E-state index contributed by atoms with van der Waals surface area (Å²) in [6.07, 6.45) is 8.55. The first-order chi connectivity index (χ1) is 5.85. The maximum Gasteiger partial charge on any atom is 0.0800 e. The number of allylic oxidation sites excluding steroid dienone is 4. The highest BCUT2D eigenvalue weighted by molar-refractivity contribution is 5.79. The molecular weight excluding hydrogens is 148 g/mol. The zero-order valence-corrected chi connectivity index (χ0v) is 7.83. The van der Waals surface area contributed by atoms with Crippen molar-refractivity contribution >= 4 is 12.9 Å². The minimum absolute atomic E-state index is 0.807. The van der Waals surface area contributed by atoms with Crippen LogP contribution in [0.15, 0.2) is 33.9 Å². The summed E-state index contributed by atoms with van der Waals surface area (Å²) in [5.74, 6) is 0. The van der Waals surface area contributed by atoms with Gasteiger partial charge in [0, 0.05) is 12.8 Å². The molecule has 0 saturated carbocycles. The third-order valence-corrected chi connectivity index (χ3v) is 1.22. The number of hydrogen-bond donors (Lipinski definition) is 0. The van der Waals surface area contributed by atoms with Gasteiger partial charge in [0.2, 0.25) is 0 Å². The first-order valence-electron chi connectivity index (χ1n) is 4.14. The van der Waals surface area contributed by atoms with Crippen LogP contribution in [-0.4, -0.2) is 19.5 Å². The van der Waals surface area contributed by atoms with Crippen LogP contribution in [0.2, 0.25) is 0 Å². The maximum absolute atomic E-state index is 4.15. The van der Waals surface area contributed by atoms with Crippen molar-refractivity contribution in [2.45, 2.75) is 20.3 Å². The molecule has 0 unspecified atom stereocenters. The zero-order valence-electron chi connectivity index (χ0n) is 7.83. The zero-order chi connectivity index (χ0) is 9.23. The fraction of sp³-hybridized carbons (Fsp3) is 0.400. The summed E-state index contributed by atoms with van der Waals surface area (Å²) in [6, 6.07) is 0. The van der Waals surface area contributed by atoms with Crippen LogP contribution in [0.5, 0.6) is 0 Å². The third-order valence-electron chi connectivity index (χ3n) is 1.22. The lowest BCUT2D eigenvalue weighted by molar-refractivity contribution is 0.936. The SMILES string of the molecule is C=N/C(C=NCCC)=C\C=C/C. The molecule has 0 bridgehead atoms. The molecule has 0 heterocycles. The van der Waals surface area contributed by atoms with Crippen molar-refractivity contribution in [3.8, 4) is 0 Å². The lowest BCUT2D eigenvalue weighted by Crippen LogP contribution is -1.82. The van der Waals surface area contributed by atoms with Gasteiger partial charge in [-0.1, -0.05) is 19.1 Å². The first-order valence-corrected chi connectivity index (χ1v) is 4.14. The Morgan fingerprint density at radius 2 is 2.25 bits per heavy atom. The van der Waals surface area contributed by atoms with Gasteiger partial charge in [0.15, 0.2) is 0 Å². The monoisotopic (exact) mass is 164 g/mol. The van der Waals surface area contributed by atoms with Crippen LogP contribution in [0.4, 0.5) is 0 Å². The summed E-state index contributed by atoms with van der Waals surface area (Å²) >= 11 is 0. The molecule has 12 heavy (non-hydrogen) atoms. The average molecular weight is 164 g/mol. The van der Waals surface area contributed by atoms with E-state index in [0.717, 1.165) is 18.7 Å². The van der Waals surface area contributed by atoms with Crippen molar-refractivity contribution in [1.29, 1.82) is 0 Å². The van der Waals surface area contributed by atoms with Crippen molar-refractivity contribution in [2.75, 3.05) is 6.54 Å². The van der Waals surface area contributed by atoms with Crippen LogP contribution in [0.25, 0.3) is 0 Å². The quantitative estimate of drug-likeness (QED) is 0.441. The first kappa shape index (κ1) is 10.8. The van der Waals surface area contributed by atoms with E-state index in [-0.39, 0.29) is 0 Å². The Balaban J connectivity index is 4.07. The summed E-state index contributed by atoms with van der Waals surface area (Å²) in [6.45, 7) is 8.35. The topological polar surface area (TPSA) is 24.7 Å². The molecule has 0 aliphatic carbocycles. The van der Waals surface area contributed by atoms with Crippen LogP contribution in [-0.2, 0) is 0 Å². The average Bonchev–Trinajstić information content (AvgIpc) is 2.11. The van der Waals surface area contributed by atoms with Gasteiger partial charge in [0.05, 0.1) is 5.70 Å². The number of nitrogens with zero attached hydrogens (tertiary/aromatic N) is 2. The Kier molecular flexibility index (Phi) is 7.14. The van der Waals surface area contributed by atoms with Crippen molar-refractivity contribution in [3.05, 3.63) is 23.9 Å². The number of aliphatic imine (C=N–C) groups is 2. The molecular formula is C10H16N2. The van der Waals surface area contributed by atoms with Gasteiger partial charge in [-0.3, -0.25) is 9.98 Å². The van der Waals surface area contributed by atoms with Gasteiger partial charge in [-0.2, -0.15) is 0 Å². The molecule has 0 aromatic heterocycles. The molecule has 66 valence electrons. The van der Waals surface area contributed by atoms with E-state index in [1.807, 2.05) is 25.2 Å². The summed E-state index contributed by atoms with van der Waals surface area (Å²) in [5, 5.41) is 0. The third kappa shape index (κ3) is 5.59. The molecule has 0 spiro atoms. The van der Waals surface area contributed by atoms with Gasteiger partial charge in [0.25, 0.3) is 0 Å². The predicted octanol–water partition coefficient (Wildman–Crippen LogP) is 2.63. The highest BCUT2D eigenvalue weighted by atomic mass is 14.8. The molecule has 0 aliphatic heterocycles. The Morgan fingerprint density at radius 3 is 2.75 bits per heavy atom. The molecule has 0 fully saturated rings.